The van der Waals surface area contributed by atoms with Crippen molar-refractivity contribution in [1.29, 1.82) is 0 Å². The number of hydrogen-bond donors (Lipinski definition) is 1. The van der Waals surface area contributed by atoms with E-state index < -0.39 is 0 Å². The summed E-state index contributed by atoms with van der Waals surface area (Å²) < 4.78 is 7.60. The molecule has 2 N–H and O–H groups in total. The van der Waals surface area contributed by atoms with Crippen molar-refractivity contribution in [3.63, 3.8) is 0 Å². The Morgan fingerprint density at radius 3 is 2.95 bits per heavy atom. The average Bonchev–Trinajstić information content (AvgIpc) is 2.94. The highest BCUT2D eigenvalue weighted by atomic mass is 16.5. The molecule has 2 aromatic heterocycles. The Hall–Kier alpha value is -1.88. The van der Waals surface area contributed by atoms with Gasteiger partial charge in [-0.05, 0) is 18.6 Å². The van der Waals surface area contributed by atoms with Crippen molar-refractivity contribution in [2.75, 3.05) is 6.61 Å². The van der Waals surface area contributed by atoms with Crippen LogP contribution in [0.15, 0.2) is 37.1 Å². The summed E-state index contributed by atoms with van der Waals surface area (Å²) in [6, 6.07) is 4.10. The van der Waals surface area contributed by atoms with Gasteiger partial charge in [0.1, 0.15) is 12.4 Å². The van der Waals surface area contributed by atoms with Crippen molar-refractivity contribution in [2.24, 2.45) is 5.73 Å². The highest BCUT2D eigenvalue weighted by Crippen LogP contribution is 2.10. The number of imidazole rings is 1. The normalized spacial score (nSPS) is 12.3. The number of pyridine rings is 1. The quantitative estimate of drug-likeness (QED) is 0.822. The van der Waals surface area contributed by atoms with Gasteiger partial charge in [-0.25, -0.2) is 4.98 Å². The van der Waals surface area contributed by atoms with Gasteiger partial charge in [-0.3, -0.25) is 4.98 Å². The average molecular weight is 260 g/mol. The van der Waals surface area contributed by atoms with Crippen LogP contribution in [-0.2, 0) is 13.0 Å². The van der Waals surface area contributed by atoms with Gasteiger partial charge in [-0.15, -0.1) is 0 Å². The molecule has 0 fully saturated rings. The monoisotopic (exact) mass is 260 g/mol. The first-order valence-corrected chi connectivity index (χ1v) is 6.57. The molecule has 0 amide bonds. The Bertz CT molecular complexity index is 467. The third-order valence-corrected chi connectivity index (χ3v) is 2.97. The first kappa shape index (κ1) is 13.5. The van der Waals surface area contributed by atoms with E-state index in [-0.39, 0.29) is 6.04 Å². The fraction of sp³-hybridized carbons (Fsp3) is 0.429. The predicted molar refractivity (Wildman–Crippen MR) is 73.9 cm³/mol. The topological polar surface area (TPSA) is 66.0 Å². The lowest BCUT2D eigenvalue weighted by Crippen LogP contribution is -2.21. The first-order chi connectivity index (χ1) is 9.28. The van der Waals surface area contributed by atoms with Crippen LogP contribution in [0.1, 0.15) is 19.0 Å². The van der Waals surface area contributed by atoms with Gasteiger partial charge in [0, 0.05) is 30.6 Å². The molecule has 1 atom stereocenters. The highest BCUT2D eigenvalue weighted by Gasteiger charge is 2.03. The van der Waals surface area contributed by atoms with E-state index in [0.29, 0.717) is 6.61 Å². The zero-order valence-electron chi connectivity index (χ0n) is 11.2. The van der Waals surface area contributed by atoms with Crippen molar-refractivity contribution in [3.8, 4) is 5.75 Å². The molecule has 0 radical (unpaired) electrons. The Morgan fingerprint density at radius 1 is 1.42 bits per heavy atom. The van der Waals surface area contributed by atoms with Crippen molar-refractivity contribution < 1.29 is 4.74 Å². The molecule has 5 heteroatoms. The van der Waals surface area contributed by atoms with Gasteiger partial charge in [-0.2, -0.15) is 0 Å². The summed E-state index contributed by atoms with van der Waals surface area (Å²) in [7, 11) is 0. The smallest absolute Gasteiger partial charge is 0.137 e. The fourth-order valence-corrected chi connectivity index (χ4v) is 1.72. The SMILES string of the molecule is CCC(N)Cc1ccc(OCCn2ccnc2)cn1. The number of aromatic nitrogens is 3. The van der Waals surface area contributed by atoms with Crippen LogP contribution >= 0.6 is 0 Å². The maximum atomic E-state index is 5.90. The highest BCUT2D eigenvalue weighted by molar-refractivity contribution is 5.20. The fourth-order valence-electron chi connectivity index (χ4n) is 1.72. The molecule has 0 aromatic carbocycles. The molecule has 0 saturated heterocycles. The maximum Gasteiger partial charge on any atom is 0.137 e. The molecular weight excluding hydrogens is 240 g/mol. The first-order valence-electron chi connectivity index (χ1n) is 6.57. The summed E-state index contributed by atoms with van der Waals surface area (Å²) >= 11 is 0. The zero-order chi connectivity index (χ0) is 13.5. The maximum absolute atomic E-state index is 5.90. The van der Waals surface area contributed by atoms with Gasteiger partial charge in [0.15, 0.2) is 0 Å². The van der Waals surface area contributed by atoms with Gasteiger partial charge in [0.2, 0.25) is 0 Å². The van der Waals surface area contributed by atoms with Crippen LogP contribution in [-0.4, -0.2) is 27.2 Å². The molecular formula is C14H20N4O. The minimum Gasteiger partial charge on any atom is -0.490 e. The van der Waals surface area contributed by atoms with Gasteiger partial charge in [0.05, 0.1) is 19.1 Å². The lowest BCUT2D eigenvalue weighted by Gasteiger charge is -2.09. The standard InChI is InChI=1S/C14H20N4O/c1-2-12(15)9-13-3-4-14(10-17-13)19-8-7-18-6-5-16-11-18/h3-6,10-12H,2,7-9,15H2,1H3. The number of nitrogens with two attached hydrogens (primary N) is 1. The number of nitrogens with zero attached hydrogens (tertiary/aromatic N) is 3. The molecule has 0 aliphatic rings. The van der Waals surface area contributed by atoms with Crippen molar-refractivity contribution in [1.82, 2.24) is 14.5 Å². The minimum atomic E-state index is 0.181. The van der Waals surface area contributed by atoms with E-state index in [0.717, 1.165) is 30.8 Å². The molecule has 102 valence electrons. The van der Waals surface area contributed by atoms with E-state index >= 15 is 0 Å². The summed E-state index contributed by atoms with van der Waals surface area (Å²) in [6.45, 7) is 3.46. The Labute approximate surface area is 113 Å². The Morgan fingerprint density at radius 2 is 2.32 bits per heavy atom. The molecule has 0 saturated carbocycles. The van der Waals surface area contributed by atoms with Crippen LogP contribution in [0.3, 0.4) is 0 Å². The van der Waals surface area contributed by atoms with Crippen LogP contribution in [0.2, 0.25) is 0 Å². The lowest BCUT2D eigenvalue weighted by molar-refractivity contribution is 0.297. The molecule has 0 aliphatic heterocycles. The lowest BCUT2D eigenvalue weighted by atomic mass is 10.1. The van der Waals surface area contributed by atoms with E-state index in [1.165, 1.54) is 0 Å². The zero-order valence-corrected chi connectivity index (χ0v) is 11.2. The molecule has 2 aromatic rings. The van der Waals surface area contributed by atoms with Crippen LogP contribution in [0.4, 0.5) is 0 Å². The predicted octanol–water partition coefficient (Wildman–Crippen LogP) is 1.64. The van der Waals surface area contributed by atoms with E-state index in [4.69, 9.17) is 10.5 Å². The van der Waals surface area contributed by atoms with Gasteiger partial charge < -0.3 is 15.0 Å². The van der Waals surface area contributed by atoms with Crippen molar-refractivity contribution >= 4 is 0 Å². The number of ether oxygens (including phenoxy) is 1. The number of hydrogen-bond acceptors (Lipinski definition) is 4. The molecule has 5 nitrogen and oxygen atoms in total. The molecule has 0 bridgehead atoms. The largest absolute Gasteiger partial charge is 0.490 e. The molecule has 1 unspecified atom stereocenters. The molecule has 2 rings (SSSR count). The summed E-state index contributed by atoms with van der Waals surface area (Å²) in [5.74, 6) is 0.786. The summed E-state index contributed by atoms with van der Waals surface area (Å²) in [4.78, 5) is 8.34. The van der Waals surface area contributed by atoms with Crippen molar-refractivity contribution in [2.45, 2.75) is 32.4 Å². The van der Waals surface area contributed by atoms with E-state index in [9.17, 15) is 0 Å². The summed E-state index contributed by atoms with van der Waals surface area (Å²) in [6.07, 6.45) is 8.98. The Kier molecular flexibility index (Phi) is 4.92. The molecule has 19 heavy (non-hydrogen) atoms. The van der Waals surface area contributed by atoms with Crippen LogP contribution < -0.4 is 10.5 Å². The Balaban J connectivity index is 1.78. The van der Waals surface area contributed by atoms with Gasteiger partial charge in [0.25, 0.3) is 0 Å². The van der Waals surface area contributed by atoms with E-state index in [2.05, 4.69) is 16.9 Å². The molecule has 0 spiro atoms. The van der Waals surface area contributed by atoms with Crippen LogP contribution in [0, 0.1) is 0 Å². The second kappa shape index (κ2) is 6.89. The second-order valence-corrected chi connectivity index (χ2v) is 4.51. The van der Waals surface area contributed by atoms with Crippen LogP contribution in [0.25, 0.3) is 0 Å². The van der Waals surface area contributed by atoms with Gasteiger partial charge >= 0.3 is 0 Å². The number of rotatable bonds is 7. The molecule has 0 aliphatic carbocycles. The third-order valence-electron chi connectivity index (χ3n) is 2.97. The summed E-state index contributed by atoms with van der Waals surface area (Å²) in [5.41, 5.74) is 6.91. The van der Waals surface area contributed by atoms with Gasteiger partial charge in [-0.1, -0.05) is 6.92 Å². The van der Waals surface area contributed by atoms with E-state index in [1.54, 1.807) is 18.7 Å². The molecule has 2 heterocycles. The van der Waals surface area contributed by atoms with Crippen molar-refractivity contribution in [3.05, 3.63) is 42.7 Å². The summed E-state index contributed by atoms with van der Waals surface area (Å²) in [5, 5.41) is 0. The van der Waals surface area contributed by atoms with Crippen LogP contribution in [0.5, 0.6) is 5.75 Å². The third kappa shape index (κ3) is 4.37. The second-order valence-electron chi connectivity index (χ2n) is 4.51. The van der Waals surface area contributed by atoms with E-state index in [1.807, 2.05) is 22.9 Å². The minimum absolute atomic E-state index is 0.181.